The summed E-state index contributed by atoms with van der Waals surface area (Å²) in [5.74, 6) is 0.309. The van der Waals surface area contributed by atoms with Crippen molar-refractivity contribution in [3.05, 3.63) is 41.7 Å². The van der Waals surface area contributed by atoms with Gasteiger partial charge in [-0.05, 0) is 29.7 Å². The zero-order valence-electron chi connectivity index (χ0n) is 20.9. The third-order valence-electron chi connectivity index (χ3n) is 6.56. The molecule has 0 radical (unpaired) electrons. The van der Waals surface area contributed by atoms with Crippen molar-refractivity contribution in [3.8, 4) is 11.5 Å². The largest absolute Gasteiger partial charge is 0.573 e. The fourth-order valence-electron chi connectivity index (χ4n) is 4.48. The second kappa shape index (κ2) is 11.4. The molecule has 2 aliphatic rings. The second-order valence-electron chi connectivity index (χ2n) is 9.32. The van der Waals surface area contributed by atoms with Gasteiger partial charge in [-0.1, -0.05) is 13.0 Å². The quantitative estimate of drug-likeness (QED) is 0.502. The van der Waals surface area contributed by atoms with Crippen molar-refractivity contribution in [2.45, 2.75) is 45.2 Å². The number of hydrogen-bond acceptors (Lipinski definition) is 8. The lowest BCUT2D eigenvalue weighted by atomic mass is 10.1. The topological polar surface area (TPSA) is 88.1 Å². The molecule has 204 valence electrons. The van der Waals surface area contributed by atoms with Crippen molar-refractivity contribution in [1.82, 2.24) is 19.2 Å². The monoisotopic (exact) mass is 543 g/mol. The van der Waals surface area contributed by atoms with Crippen LogP contribution in [0, 0.1) is 0 Å². The first-order valence-corrected chi connectivity index (χ1v) is 14.1. The minimum absolute atomic E-state index is 0.0463. The molecule has 0 bridgehead atoms. The van der Waals surface area contributed by atoms with Gasteiger partial charge in [-0.3, -0.25) is 4.90 Å². The number of piperidine rings is 1. The van der Waals surface area contributed by atoms with Crippen molar-refractivity contribution < 1.29 is 31.1 Å². The highest BCUT2D eigenvalue weighted by Crippen LogP contribution is 2.35. The summed E-state index contributed by atoms with van der Waals surface area (Å²) in [6, 6.07) is 4.59. The van der Waals surface area contributed by atoms with Crippen LogP contribution in [0.15, 0.2) is 30.6 Å². The molecule has 37 heavy (non-hydrogen) atoms. The summed E-state index contributed by atoms with van der Waals surface area (Å²) in [5, 5.41) is 0. The first kappa shape index (κ1) is 27.4. The number of alkyl halides is 3. The van der Waals surface area contributed by atoms with E-state index in [4.69, 9.17) is 4.74 Å². The van der Waals surface area contributed by atoms with E-state index in [0.717, 1.165) is 12.0 Å². The minimum Gasteiger partial charge on any atom is -0.486 e. The zero-order chi connectivity index (χ0) is 26.6. The summed E-state index contributed by atoms with van der Waals surface area (Å²) in [7, 11) is -3.26. The Labute approximate surface area is 215 Å². The van der Waals surface area contributed by atoms with Crippen molar-refractivity contribution in [3.63, 3.8) is 0 Å². The average Bonchev–Trinajstić information content (AvgIpc) is 2.85. The van der Waals surface area contributed by atoms with Gasteiger partial charge in [0.1, 0.15) is 6.10 Å². The van der Waals surface area contributed by atoms with Crippen molar-refractivity contribution in [2.75, 3.05) is 50.4 Å². The molecule has 0 spiro atoms. The molecule has 0 aliphatic carbocycles. The lowest BCUT2D eigenvalue weighted by Gasteiger charge is -2.33. The van der Waals surface area contributed by atoms with Crippen LogP contribution in [0.4, 0.5) is 19.1 Å². The molecule has 0 N–H and O–H groups in total. The highest BCUT2D eigenvalue weighted by atomic mass is 32.2. The number of hydrogen-bond donors (Lipinski definition) is 0. The Kier molecular flexibility index (Phi) is 8.44. The highest BCUT2D eigenvalue weighted by molar-refractivity contribution is 7.88. The Morgan fingerprint density at radius 3 is 2.19 bits per heavy atom. The third kappa shape index (κ3) is 7.68. The van der Waals surface area contributed by atoms with Gasteiger partial charge >= 0.3 is 6.36 Å². The molecule has 3 heterocycles. The molecule has 0 unspecified atom stereocenters. The van der Waals surface area contributed by atoms with Crippen LogP contribution in [-0.4, -0.2) is 85.6 Å². The number of halogens is 3. The van der Waals surface area contributed by atoms with Crippen LogP contribution in [-0.2, 0) is 23.0 Å². The molecule has 0 amide bonds. The van der Waals surface area contributed by atoms with Gasteiger partial charge < -0.3 is 14.4 Å². The van der Waals surface area contributed by atoms with Gasteiger partial charge in [-0.15, -0.1) is 13.2 Å². The van der Waals surface area contributed by atoms with Crippen LogP contribution in [0.5, 0.6) is 11.5 Å². The molecule has 4 rings (SSSR count). The zero-order valence-corrected chi connectivity index (χ0v) is 21.8. The van der Waals surface area contributed by atoms with Gasteiger partial charge in [0.2, 0.25) is 16.0 Å². The standard InChI is InChI=1S/C24H32F3N5O4S/c1-3-18-15-28-23(29-16-18)31-8-6-20(7-9-31)35-21-5-4-19(14-22(21)36-24(25,26)27)17-30-10-12-32(13-11-30)37(2,33)34/h4-5,14-16,20H,3,6-13,17H2,1-2H3. The predicted molar refractivity (Wildman–Crippen MR) is 132 cm³/mol. The first-order chi connectivity index (χ1) is 17.5. The fraction of sp³-hybridized carbons (Fsp3) is 0.583. The Morgan fingerprint density at radius 1 is 0.973 bits per heavy atom. The van der Waals surface area contributed by atoms with Gasteiger partial charge in [-0.2, -0.15) is 4.31 Å². The number of ether oxygens (including phenoxy) is 2. The smallest absolute Gasteiger partial charge is 0.486 e. The number of rotatable bonds is 8. The number of anilines is 1. The number of aromatic nitrogens is 2. The van der Waals surface area contributed by atoms with Gasteiger partial charge in [0.25, 0.3) is 0 Å². The van der Waals surface area contributed by atoms with E-state index in [1.54, 1.807) is 18.5 Å². The summed E-state index contributed by atoms with van der Waals surface area (Å²) < 4.78 is 74.6. The fourth-order valence-corrected chi connectivity index (χ4v) is 5.30. The number of piperazine rings is 1. The molecular formula is C24H32F3N5O4S. The molecule has 2 fully saturated rings. The maximum atomic E-state index is 13.2. The average molecular weight is 544 g/mol. The van der Waals surface area contributed by atoms with Gasteiger partial charge in [-0.25, -0.2) is 18.4 Å². The second-order valence-corrected chi connectivity index (χ2v) is 11.3. The lowest BCUT2D eigenvalue weighted by Crippen LogP contribution is -2.47. The van der Waals surface area contributed by atoms with Gasteiger partial charge in [0.05, 0.1) is 6.26 Å². The molecule has 1 aromatic carbocycles. The van der Waals surface area contributed by atoms with Gasteiger partial charge in [0, 0.05) is 71.0 Å². The molecule has 9 nitrogen and oxygen atoms in total. The van der Waals surface area contributed by atoms with Crippen LogP contribution in [0.2, 0.25) is 0 Å². The number of benzene rings is 1. The third-order valence-corrected chi connectivity index (χ3v) is 7.86. The van der Waals surface area contributed by atoms with E-state index in [2.05, 4.69) is 14.7 Å². The minimum atomic E-state index is -4.86. The van der Waals surface area contributed by atoms with E-state index in [9.17, 15) is 21.6 Å². The predicted octanol–water partition coefficient (Wildman–Crippen LogP) is 3.06. The van der Waals surface area contributed by atoms with Crippen LogP contribution in [0.1, 0.15) is 30.9 Å². The summed E-state index contributed by atoms with van der Waals surface area (Å²) >= 11 is 0. The van der Waals surface area contributed by atoms with Gasteiger partial charge in [0.15, 0.2) is 11.5 Å². The van der Waals surface area contributed by atoms with E-state index in [1.807, 2.05) is 16.7 Å². The molecule has 1 aromatic heterocycles. The van der Waals surface area contributed by atoms with E-state index < -0.39 is 16.4 Å². The summed E-state index contributed by atoms with van der Waals surface area (Å²) in [6.45, 7) is 5.34. The summed E-state index contributed by atoms with van der Waals surface area (Å²) in [5.41, 5.74) is 1.68. The maximum absolute atomic E-state index is 13.2. The van der Waals surface area contributed by atoms with Crippen molar-refractivity contribution in [1.29, 1.82) is 0 Å². The summed E-state index contributed by atoms with van der Waals surface area (Å²) in [4.78, 5) is 12.8. The summed E-state index contributed by atoms with van der Waals surface area (Å²) in [6.07, 6.45) is 1.73. The molecule has 2 aliphatic heterocycles. The van der Waals surface area contributed by atoms with Crippen LogP contribution < -0.4 is 14.4 Å². The molecule has 2 saturated heterocycles. The normalized spacial score (nSPS) is 18.7. The molecule has 2 aromatic rings. The SMILES string of the molecule is CCc1cnc(N2CCC(Oc3ccc(CN4CCN(S(C)(=O)=O)CC4)cc3OC(F)(F)F)CC2)nc1. The Hall–Kier alpha value is -2.64. The van der Waals surface area contributed by atoms with E-state index >= 15 is 0 Å². The van der Waals surface area contributed by atoms with Crippen molar-refractivity contribution in [2.24, 2.45) is 0 Å². The Morgan fingerprint density at radius 2 is 1.62 bits per heavy atom. The van der Waals surface area contributed by atoms with E-state index in [1.165, 1.54) is 22.7 Å². The lowest BCUT2D eigenvalue weighted by molar-refractivity contribution is -0.275. The first-order valence-electron chi connectivity index (χ1n) is 12.3. The number of aryl methyl sites for hydroxylation is 1. The van der Waals surface area contributed by atoms with E-state index in [0.29, 0.717) is 70.2 Å². The maximum Gasteiger partial charge on any atom is 0.573 e. The van der Waals surface area contributed by atoms with Crippen LogP contribution in [0.3, 0.4) is 0 Å². The van der Waals surface area contributed by atoms with Crippen LogP contribution >= 0.6 is 0 Å². The van der Waals surface area contributed by atoms with Crippen molar-refractivity contribution >= 4 is 16.0 Å². The number of nitrogens with zero attached hydrogens (tertiary/aromatic N) is 5. The molecule has 13 heteroatoms. The molecule has 0 atom stereocenters. The molecule has 0 saturated carbocycles. The highest BCUT2D eigenvalue weighted by Gasteiger charge is 2.33. The number of sulfonamides is 1. The Balaban J connectivity index is 1.38. The van der Waals surface area contributed by atoms with Crippen LogP contribution in [0.25, 0.3) is 0 Å². The Bertz CT molecular complexity index is 1150. The molecular weight excluding hydrogens is 511 g/mol. The van der Waals surface area contributed by atoms with E-state index in [-0.39, 0.29) is 17.6 Å².